The molecule has 74 valence electrons. The van der Waals surface area contributed by atoms with E-state index in [0.29, 0.717) is 15.6 Å². The number of nitrogens with zero attached hydrogens (tertiary/aromatic N) is 1. The molecule has 0 aliphatic carbocycles. The Bertz CT molecular complexity index is 392. The molecule has 0 aliphatic heterocycles. The van der Waals surface area contributed by atoms with E-state index in [2.05, 4.69) is 15.9 Å². The highest BCUT2D eigenvalue weighted by molar-refractivity contribution is 9.10. The van der Waals surface area contributed by atoms with Gasteiger partial charge in [-0.25, -0.2) is 0 Å². The van der Waals surface area contributed by atoms with E-state index in [0.717, 1.165) is 0 Å². The van der Waals surface area contributed by atoms with Crippen molar-refractivity contribution in [3.63, 3.8) is 0 Å². The number of benzene rings is 1. The molecule has 5 heteroatoms. The van der Waals surface area contributed by atoms with Crippen LogP contribution in [-0.2, 0) is 0 Å². The number of carbonyl (C=O) groups is 1. The number of ketones is 1. The average molecular weight is 258 g/mol. The van der Waals surface area contributed by atoms with Gasteiger partial charge in [0.25, 0.3) is 5.69 Å². The second-order valence-electron chi connectivity index (χ2n) is 2.93. The van der Waals surface area contributed by atoms with E-state index >= 15 is 0 Å². The highest BCUT2D eigenvalue weighted by Crippen LogP contribution is 2.26. The molecule has 0 saturated carbocycles. The Labute approximate surface area is 89.2 Å². The summed E-state index contributed by atoms with van der Waals surface area (Å²) in [5.74, 6) is -0.107. The minimum Gasteiger partial charge on any atom is -0.294 e. The van der Waals surface area contributed by atoms with E-state index in [-0.39, 0.29) is 11.5 Å². The lowest BCUT2D eigenvalue weighted by Crippen LogP contribution is -1.99. The molecule has 0 unspecified atom stereocenters. The average Bonchev–Trinajstić information content (AvgIpc) is 2.01. The third-order valence-corrected chi connectivity index (χ3v) is 2.46. The number of aryl methyl sites for hydroxylation is 1. The van der Waals surface area contributed by atoms with Crippen LogP contribution >= 0.6 is 15.9 Å². The molecule has 0 heterocycles. The molecule has 0 N–H and O–H groups in total. The van der Waals surface area contributed by atoms with Crippen molar-refractivity contribution in [2.24, 2.45) is 0 Å². The standard InChI is InChI=1S/C9H8BrNO3/c1-5-3-7(11(13)14)4-8(10)9(5)6(2)12/h3-4H,1-2H3. The maximum atomic E-state index is 11.2. The summed E-state index contributed by atoms with van der Waals surface area (Å²) in [6.07, 6.45) is 0. The zero-order chi connectivity index (χ0) is 10.9. The minimum absolute atomic E-state index is 0.0145. The fourth-order valence-corrected chi connectivity index (χ4v) is 2.10. The third-order valence-electron chi connectivity index (χ3n) is 1.84. The largest absolute Gasteiger partial charge is 0.294 e. The maximum Gasteiger partial charge on any atom is 0.270 e. The van der Waals surface area contributed by atoms with Crippen LogP contribution < -0.4 is 0 Å². The summed E-state index contributed by atoms with van der Waals surface area (Å²) in [6, 6.07) is 2.73. The van der Waals surface area contributed by atoms with Crippen molar-refractivity contribution in [1.29, 1.82) is 0 Å². The van der Waals surface area contributed by atoms with Gasteiger partial charge in [0.2, 0.25) is 0 Å². The Kier molecular flexibility index (Phi) is 3.00. The number of rotatable bonds is 2. The molecule has 0 radical (unpaired) electrons. The van der Waals surface area contributed by atoms with Gasteiger partial charge in [-0.05, 0) is 35.3 Å². The monoisotopic (exact) mass is 257 g/mol. The molecular weight excluding hydrogens is 250 g/mol. The van der Waals surface area contributed by atoms with Gasteiger partial charge in [-0.1, -0.05) is 0 Å². The van der Waals surface area contributed by atoms with Gasteiger partial charge in [0, 0.05) is 22.2 Å². The molecule has 0 atom stereocenters. The molecule has 0 aliphatic rings. The van der Waals surface area contributed by atoms with Gasteiger partial charge in [0.05, 0.1) is 4.92 Å². The van der Waals surface area contributed by atoms with E-state index in [1.165, 1.54) is 19.1 Å². The van der Waals surface area contributed by atoms with Crippen LogP contribution in [0.4, 0.5) is 5.69 Å². The van der Waals surface area contributed by atoms with Crippen LogP contribution in [0.1, 0.15) is 22.8 Å². The quantitative estimate of drug-likeness (QED) is 0.465. The molecule has 0 amide bonds. The second-order valence-corrected chi connectivity index (χ2v) is 3.79. The van der Waals surface area contributed by atoms with E-state index in [1.54, 1.807) is 6.92 Å². The predicted octanol–water partition coefficient (Wildman–Crippen LogP) is 2.87. The molecule has 0 spiro atoms. The van der Waals surface area contributed by atoms with Crippen molar-refractivity contribution in [2.45, 2.75) is 13.8 Å². The SMILES string of the molecule is CC(=O)c1c(C)cc([N+](=O)[O-])cc1Br. The first-order valence-corrected chi connectivity index (χ1v) is 4.68. The first-order valence-electron chi connectivity index (χ1n) is 3.89. The van der Waals surface area contributed by atoms with E-state index in [1.807, 2.05) is 0 Å². The summed E-state index contributed by atoms with van der Waals surface area (Å²) in [5.41, 5.74) is 1.09. The number of nitro benzene ring substituents is 1. The summed E-state index contributed by atoms with van der Waals surface area (Å²) in [5, 5.41) is 10.5. The molecule has 0 aromatic heterocycles. The first kappa shape index (κ1) is 10.8. The van der Waals surface area contributed by atoms with Gasteiger partial charge in [0.1, 0.15) is 0 Å². The molecule has 0 saturated heterocycles. The highest BCUT2D eigenvalue weighted by Gasteiger charge is 2.15. The summed E-state index contributed by atoms with van der Waals surface area (Å²) in [6.45, 7) is 3.10. The van der Waals surface area contributed by atoms with Crippen LogP contribution in [0.3, 0.4) is 0 Å². The highest BCUT2D eigenvalue weighted by atomic mass is 79.9. The lowest BCUT2D eigenvalue weighted by atomic mass is 10.1. The molecule has 1 aromatic carbocycles. The second kappa shape index (κ2) is 3.88. The number of halogens is 1. The number of non-ortho nitro benzene ring substituents is 1. The Morgan fingerprint density at radius 2 is 2.07 bits per heavy atom. The van der Waals surface area contributed by atoms with Gasteiger partial charge in [-0.3, -0.25) is 14.9 Å². The van der Waals surface area contributed by atoms with Crippen molar-refractivity contribution in [3.8, 4) is 0 Å². The lowest BCUT2D eigenvalue weighted by molar-refractivity contribution is -0.385. The summed E-state index contributed by atoms with van der Waals surface area (Å²) in [7, 11) is 0. The Balaban J connectivity index is 3.39. The number of Topliss-reactive ketones (excluding diaryl/α,β-unsaturated/α-hetero) is 1. The van der Waals surface area contributed by atoms with Gasteiger partial charge in [-0.15, -0.1) is 0 Å². The summed E-state index contributed by atoms with van der Waals surface area (Å²) in [4.78, 5) is 21.2. The maximum absolute atomic E-state index is 11.2. The smallest absolute Gasteiger partial charge is 0.270 e. The van der Waals surface area contributed by atoms with Gasteiger partial charge in [-0.2, -0.15) is 0 Å². The third kappa shape index (κ3) is 1.98. The van der Waals surface area contributed by atoms with Crippen molar-refractivity contribution in [3.05, 3.63) is 37.8 Å². The first-order chi connectivity index (χ1) is 6.43. The van der Waals surface area contributed by atoms with E-state index in [9.17, 15) is 14.9 Å². The molecule has 0 bridgehead atoms. The van der Waals surface area contributed by atoms with Crippen molar-refractivity contribution in [1.82, 2.24) is 0 Å². The fourth-order valence-electron chi connectivity index (χ4n) is 1.28. The van der Waals surface area contributed by atoms with Gasteiger partial charge in [0.15, 0.2) is 5.78 Å². The molecule has 1 rings (SSSR count). The van der Waals surface area contributed by atoms with Crippen LogP contribution in [0, 0.1) is 17.0 Å². The Morgan fingerprint density at radius 3 is 2.43 bits per heavy atom. The number of carbonyl (C=O) groups excluding carboxylic acids is 1. The number of hydrogen-bond acceptors (Lipinski definition) is 3. The van der Waals surface area contributed by atoms with Crippen LogP contribution in [-0.4, -0.2) is 10.7 Å². The topological polar surface area (TPSA) is 60.2 Å². The molecule has 1 aromatic rings. The minimum atomic E-state index is -0.484. The fraction of sp³-hybridized carbons (Fsp3) is 0.222. The zero-order valence-electron chi connectivity index (χ0n) is 7.70. The van der Waals surface area contributed by atoms with Gasteiger partial charge < -0.3 is 0 Å². The summed E-state index contributed by atoms with van der Waals surface area (Å²) >= 11 is 3.14. The Hall–Kier alpha value is -1.23. The van der Waals surface area contributed by atoms with E-state index in [4.69, 9.17) is 0 Å². The van der Waals surface area contributed by atoms with Crippen LogP contribution in [0.5, 0.6) is 0 Å². The van der Waals surface area contributed by atoms with Crippen molar-refractivity contribution < 1.29 is 9.72 Å². The lowest BCUT2D eigenvalue weighted by Gasteiger charge is -2.04. The van der Waals surface area contributed by atoms with E-state index < -0.39 is 4.92 Å². The summed E-state index contributed by atoms with van der Waals surface area (Å²) < 4.78 is 0.469. The van der Waals surface area contributed by atoms with Crippen LogP contribution in [0.25, 0.3) is 0 Å². The van der Waals surface area contributed by atoms with Crippen LogP contribution in [0.15, 0.2) is 16.6 Å². The molecular formula is C9H8BrNO3. The van der Waals surface area contributed by atoms with Crippen molar-refractivity contribution in [2.75, 3.05) is 0 Å². The Morgan fingerprint density at radius 1 is 1.50 bits per heavy atom. The zero-order valence-corrected chi connectivity index (χ0v) is 9.29. The normalized spacial score (nSPS) is 9.93. The predicted molar refractivity (Wildman–Crippen MR) is 55.5 cm³/mol. The molecule has 0 fully saturated rings. The number of hydrogen-bond donors (Lipinski definition) is 0. The molecule has 4 nitrogen and oxygen atoms in total. The van der Waals surface area contributed by atoms with Gasteiger partial charge >= 0.3 is 0 Å². The number of nitro groups is 1. The van der Waals surface area contributed by atoms with Crippen LogP contribution in [0.2, 0.25) is 0 Å². The molecule has 14 heavy (non-hydrogen) atoms. The van der Waals surface area contributed by atoms with Crippen molar-refractivity contribution >= 4 is 27.4 Å².